The highest BCUT2D eigenvalue weighted by Crippen LogP contribution is 2.31. The van der Waals surface area contributed by atoms with E-state index in [1.54, 1.807) is 16.2 Å². The second kappa shape index (κ2) is 4.66. The first-order valence-corrected chi connectivity index (χ1v) is 7.69. The van der Waals surface area contributed by atoms with Gasteiger partial charge in [0.1, 0.15) is 0 Å². The van der Waals surface area contributed by atoms with Crippen molar-refractivity contribution in [3.8, 4) is 10.4 Å². The standard InChI is InChI=1S/C14H12INOS/c1-16-7-6-9-8-10(2-3-11(9)14(16)17)12-4-5-13(15)18-12/h2-5,8H,6-7H2,1H3. The van der Waals surface area contributed by atoms with Crippen molar-refractivity contribution in [2.24, 2.45) is 0 Å². The van der Waals surface area contributed by atoms with E-state index in [-0.39, 0.29) is 5.91 Å². The van der Waals surface area contributed by atoms with Crippen LogP contribution < -0.4 is 0 Å². The molecule has 0 atom stereocenters. The molecular formula is C14H12INOS. The summed E-state index contributed by atoms with van der Waals surface area (Å²) < 4.78 is 1.29. The molecule has 0 saturated carbocycles. The zero-order valence-corrected chi connectivity index (χ0v) is 12.9. The number of carbonyl (C=O) groups excluding carboxylic acids is 1. The molecule has 2 aromatic rings. The molecule has 2 nitrogen and oxygen atoms in total. The van der Waals surface area contributed by atoms with Gasteiger partial charge in [0, 0.05) is 24.0 Å². The van der Waals surface area contributed by atoms with E-state index in [1.807, 2.05) is 13.1 Å². The molecule has 1 aromatic heterocycles. The Morgan fingerprint density at radius 2 is 2.11 bits per heavy atom. The lowest BCUT2D eigenvalue weighted by Gasteiger charge is -2.25. The van der Waals surface area contributed by atoms with E-state index in [4.69, 9.17) is 0 Å². The van der Waals surface area contributed by atoms with Crippen molar-refractivity contribution < 1.29 is 4.79 Å². The summed E-state index contributed by atoms with van der Waals surface area (Å²) in [6.07, 6.45) is 0.952. The van der Waals surface area contributed by atoms with Gasteiger partial charge in [-0.25, -0.2) is 0 Å². The van der Waals surface area contributed by atoms with Gasteiger partial charge in [-0.05, 0) is 64.4 Å². The van der Waals surface area contributed by atoms with Crippen LogP contribution in [0.5, 0.6) is 0 Å². The number of hydrogen-bond donors (Lipinski definition) is 0. The summed E-state index contributed by atoms with van der Waals surface area (Å²) >= 11 is 4.12. The zero-order valence-electron chi connectivity index (χ0n) is 9.94. The summed E-state index contributed by atoms with van der Waals surface area (Å²) in [7, 11) is 1.86. The van der Waals surface area contributed by atoms with Crippen LogP contribution in [0.1, 0.15) is 15.9 Å². The lowest BCUT2D eigenvalue weighted by Crippen LogP contribution is -2.34. The number of rotatable bonds is 1. The Bertz CT molecular complexity index is 620. The van der Waals surface area contributed by atoms with Crippen LogP contribution in [0.3, 0.4) is 0 Å². The molecule has 0 aliphatic carbocycles. The zero-order chi connectivity index (χ0) is 12.7. The highest BCUT2D eigenvalue weighted by Gasteiger charge is 2.21. The minimum atomic E-state index is 0.142. The van der Waals surface area contributed by atoms with Gasteiger partial charge in [-0.3, -0.25) is 4.79 Å². The molecule has 3 rings (SSSR count). The van der Waals surface area contributed by atoms with Crippen LogP contribution in [0.4, 0.5) is 0 Å². The van der Waals surface area contributed by atoms with Crippen LogP contribution in [0, 0.1) is 2.88 Å². The molecule has 2 heterocycles. The Hall–Kier alpha value is -0.880. The number of thiophene rings is 1. The predicted octanol–water partition coefficient (Wildman–Crippen LogP) is 3.65. The summed E-state index contributed by atoms with van der Waals surface area (Å²) in [5, 5.41) is 0. The van der Waals surface area contributed by atoms with Crippen molar-refractivity contribution >= 4 is 39.8 Å². The number of likely N-dealkylation sites (N-methyl/N-ethyl adjacent to an activating group) is 1. The third-order valence-corrected chi connectivity index (χ3v) is 5.20. The molecule has 0 bridgehead atoms. The highest BCUT2D eigenvalue weighted by atomic mass is 127. The van der Waals surface area contributed by atoms with Gasteiger partial charge in [-0.1, -0.05) is 6.07 Å². The van der Waals surface area contributed by atoms with Gasteiger partial charge in [0.15, 0.2) is 0 Å². The Kier molecular flexibility index (Phi) is 3.15. The summed E-state index contributed by atoms with van der Waals surface area (Å²) in [6.45, 7) is 0.817. The van der Waals surface area contributed by atoms with Gasteiger partial charge >= 0.3 is 0 Å². The van der Waals surface area contributed by atoms with E-state index in [0.717, 1.165) is 18.5 Å². The van der Waals surface area contributed by atoms with Crippen LogP contribution in [-0.2, 0) is 6.42 Å². The number of halogens is 1. The maximum atomic E-state index is 12.0. The van der Waals surface area contributed by atoms with Crippen molar-refractivity contribution in [2.45, 2.75) is 6.42 Å². The Morgan fingerprint density at radius 3 is 2.83 bits per heavy atom. The molecule has 0 unspecified atom stereocenters. The number of amides is 1. The molecule has 1 aromatic carbocycles. The second-order valence-electron chi connectivity index (χ2n) is 4.45. The fourth-order valence-corrected chi connectivity index (χ4v) is 3.85. The average Bonchev–Trinajstić information content (AvgIpc) is 2.80. The SMILES string of the molecule is CN1CCc2cc(-c3ccc(I)s3)ccc2C1=O. The quantitative estimate of drug-likeness (QED) is 0.703. The van der Waals surface area contributed by atoms with Gasteiger partial charge in [-0.2, -0.15) is 0 Å². The van der Waals surface area contributed by atoms with Gasteiger partial charge < -0.3 is 4.90 Å². The first-order valence-electron chi connectivity index (χ1n) is 5.79. The van der Waals surface area contributed by atoms with Crippen molar-refractivity contribution in [3.05, 3.63) is 44.3 Å². The summed E-state index contributed by atoms with van der Waals surface area (Å²) in [5.74, 6) is 0.142. The van der Waals surface area contributed by atoms with Crippen LogP contribution in [0.2, 0.25) is 0 Å². The maximum absolute atomic E-state index is 12.0. The van der Waals surface area contributed by atoms with Crippen LogP contribution >= 0.6 is 33.9 Å². The van der Waals surface area contributed by atoms with Gasteiger partial charge in [0.25, 0.3) is 5.91 Å². The minimum Gasteiger partial charge on any atom is -0.341 e. The molecule has 0 radical (unpaired) electrons. The molecule has 0 fully saturated rings. The second-order valence-corrected chi connectivity index (χ2v) is 7.43. The van der Waals surface area contributed by atoms with Gasteiger partial charge in [0.05, 0.1) is 2.88 Å². The number of benzene rings is 1. The monoisotopic (exact) mass is 369 g/mol. The summed E-state index contributed by atoms with van der Waals surface area (Å²) in [5.41, 5.74) is 3.26. The van der Waals surface area contributed by atoms with E-state index >= 15 is 0 Å². The van der Waals surface area contributed by atoms with Crippen LogP contribution in [-0.4, -0.2) is 24.4 Å². The molecule has 1 amide bonds. The smallest absolute Gasteiger partial charge is 0.253 e. The molecule has 0 saturated heterocycles. The van der Waals surface area contributed by atoms with Crippen LogP contribution in [0.25, 0.3) is 10.4 Å². The molecule has 18 heavy (non-hydrogen) atoms. The first kappa shape index (κ1) is 12.2. The summed E-state index contributed by atoms with van der Waals surface area (Å²) in [4.78, 5) is 15.1. The molecule has 0 spiro atoms. The third kappa shape index (κ3) is 2.07. The maximum Gasteiger partial charge on any atom is 0.253 e. The number of fused-ring (bicyclic) bond motifs is 1. The minimum absolute atomic E-state index is 0.142. The average molecular weight is 369 g/mol. The van der Waals surface area contributed by atoms with E-state index in [9.17, 15) is 4.79 Å². The Labute approximate surface area is 124 Å². The fourth-order valence-electron chi connectivity index (χ4n) is 2.23. The first-order chi connectivity index (χ1) is 8.65. The number of hydrogen-bond acceptors (Lipinski definition) is 2. The van der Waals surface area contributed by atoms with Crippen molar-refractivity contribution in [1.82, 2.24) is 4.90 Å². The molecule has 4 heteroatoms. The molecule has 92 valence electrons. The van der Waals surface area contributed by atoms with Crippen LogP contribution in [0.15, 0.2) is 30.3 Å². The normalized spacial score (nSPS) is 14.8. The lowest BCUT2D eigenvalue weighted by atomic mass is 9.96. The lowest BCUT2D eigenvalue weighted by molar-refractivity contribution is 0.0781. The third-order valence-electron chi connectivity index (χ3n) is 3.26. The molecule has 1 aliphatic heterocycles. The predicted molar refractivity (Wildman–Crippen MR) is 83.1 cm³/mol. The van der Waals surface area contributed by atoms with E-state index < -0.39 is 0 Å². The van der Waals surface area contributed by atoms with E-state index in [2.05, 4.69) is 46.9 Å². The molecule has 0 N–H and O–H groups in total. The van der Waals surface area contributed by atoms with Crippen molar-refractivity contribution in [2.75, 3.05) is 13.6 Å². The van der Waals surface area contributed by atoms with E-state index in [1.165, 1.54) is 18.9 Å². The van der Waals surface area contributed by atoms with E-state index in [0.29, 0.717) is 0 Å². The number of carbonyl (C=O) groups is 1. The van der Waals surface area contributed by atoms with Gasteiger partial charge in [0.2, 0.25) is 0 Å². The Balaban J connectivity index is 2.04. The van der Waals surface area contributed by atoms with Crippen molar-refractivity contribution in [1.29, 1.82) is 0 Å². The number of nitrogens with zero attached hydrogens (tertiary/aromatic N) is 1. The molecular weight excluding hydrogens is 357 g/mol. The Morgan fingerprint density at radius 1 is 1.28 bits per heavy atom. The largest absolute Gasteiger partial charge is 0.341 e. The topological polar surface area (TPSA) is 20.3 Å². The highest BCUT2D eigenvalue weighted by molar-refractivity contribution is 14.1. The van der Waals surface area contributed by atoms with Gasteiger partial charge in [-0.15, -0.1) is 11.3 Å². The fraction of sp³-hybridized carbons (Fsp3) is 0.214. The van der Waals surface area contributed by atoms with Crippen molar-refractivity contribution in [3.63, 3.8) is 0 Å². The summed E-state index contributed by atoms with van der Waals surface area (Å²) in [6, 6.07) is 10.5. The molecule has 1 aliphatic rings.